The molecule has 1 amide bonds. The standard InChI is InChI=1S/C28H33NO6/c1-4-12-34-22-11-9-18(15-23(22)32-5-2)25-24-26(30)20-14-17(3)8-10-21(20)35-27(24)28(31)29(25)16-19-7-6-13-33-19/h6-7,9,11,13,15,17,20-21,25H,4-5,8,10,12,14,16H2,1-3H3. The van der Waals surface area contributed by atoms with Crippen LogP contribution in [0.25, 0.3) is 0 Å². The molecule has 3 aliphatic rings. The third-order valence-electron chi connectivity index (χ3n) is 7.16. The number of benzene rings is 1. The topological polar surface area (TPSA) is 78.2 Å². The van der Waals surface area contributed by atoms with Crippen molar-refractivity contribution in [2.75, 3.05) is 13.2 Å². The maximum absolute atomic E-state index is 13.9. The lowest BCUT2D eigenvalue weighted by Gasteiger charge is -2.37. The van der Waals surface area contributed by atoms with E-state index >= 15 is 0 Å². The molecule has 4 atom stereocenters. The van der Waals surface area contributed by atoms with Crippen molar-refractivity contribution >= 4 is 11.7 Å². The van der Waals surface area contributed by atoms with Gasteiger partial charge in [0.05, 0.1) is 43.6 Å². The molecule has 1 fully saturated rings. The molecule has 2 aliphatic heterocycles. The number of rotatable bonds is 8. The van der Waals surface area contributed by atoms with Crippen LogP contribution in [0.4, 0.5) is 0 Å². The number of furan rings is 1. The summed E-state index contributed by atoms with van der Waals surface area (Å²) in [5.41, 5.74) is 1.25. The number of amides is 1. The number of ketones is 1. The zero-order chi connectivity index (χ0) is 24.5. The Bertz CT molecular complexity index is 1120. The SMILES string of the molecule is CCCOc1ccc(C2C3=C(OC4CCC(C)CC4C3=O)C(=O)N2Cc2ccco2)cc1OCC. The molecule has 0 radical (unpaired) electrons. The molecule has 2 aromatic rings. The zero-order valence-electron chi connectivity index (χ0n) is 20.6. The first-order valence-electron chi connectivity index (χ1n) is 12.7. The lowest BCUT2D eigenvalue weighted by atomic mass is 9.74. The van der Waals surface area contributed by atoms with Gasteiger partial charge >= 0.3 is 0 Å². The van der Waals surface area contributed by atoms with Gasteiger partial charge in [-0.25, -0.2) is 0 Å². The molecule has 1 aromatic carbocycles. The molecule has 186 valence electrons. The monoisotopic (exact) mass is 479 g/mol. The maximum atomic E-state index is 13.9. The van der Waals surface area contributed by atoms with E-state index in [0.29, 0.717) is 42.0 Å². The second-order valence-corrected chi connectivity index (χ2v) is 9.69. The Balaban J connectivity index is 1.57. The largest absolute Gasteiger partial charge is 0.490 e. The minimum Gasteiger partial charge on any atom is -0.490 e. The fourth-order valence-corrected chi connectivity index (χ4v) is 5.50. The van der Waals surface area contributed by atoms with Crippen LogP contribution in [-0.2, 0) is 20.9 Å². The highest BCUT2D eigenvalue weighted by atomic mass is 16.5. The lowest BCUT2D eigenvalue weighted by molar-refractivity contribution is -0.136. The Morgan fingerprint density at radius 1 is 1.09 bits per heavy atom. The summed E-state index contributed by atoms with van der Waals surface area (Å²) in [6.45, 7) is 7.44. The summed E-state index contributed by atoms with van der Waals surface area (Å²) < 4.78 is 23.6. The molecule has 0 spiro atoms. The van der Waals surface area contributed by atoms with Gasteiger partial charge in [0.1, 0.15) is 11.9 Å². The van der Waals surface area contributed by atoms with E-state index in [2.05, 4.69) is 6.92 Å². The maximum Gasteiger partial charge on any atom is 0.290 e. The minimum atomic E-state index is -0.576. The zero-order valence-corrected chi connectivity index (χ0v) is 20.6. The Morgan fingerprint density at radius 2 is 1.94 bits per heavy atom. The van der Waals surface area contributed by atoms with E-state index in [-0.39, 0.29) is 36.0 Å². The van der Waals surface area contributed by atoms with Crippen molar-refractivity contribution < 1.29 is 28.2 Å². The summed E-state index contributed by atoms with van der Waals surface area (Å²) >= 11 is 0. The normalized spacial score (nSPS) is 25.9. The van der Waals surface area contributed by atoms with Gasteiger partial charge in [-0.2, -0.15) is 0 Å². The van der Waals surface area contributed by atoms with Crippen LogP contribution in [0.1, 0.15) is 63.8 Å². The van der Waals surface area contributed by atoms with Crippen LogP contribution in [0.2, 0.25) is 0 Å². The molecule has 35 heavy (non-hydrogen) atoms. The number of carbonyl (C=O) groups excluding carboxylic acids is 2. The van der Waals surface area contributed by atoms with Gasteiger partial charge in [-0.1, -0.05) is 19.9 Å². The van der Waals surface area contributed by atoms with E-state index in [4.69, 9.17) is 18.6 Å². The first kappa shape index (κ1) is 23.5. The van der Waals surface area contributed by atoms with E-state index in [1.165, 1.54) is 0 Å². The second-order valence-electron chi connectivity index (χ2n) is 9.69. The molecule has 0 bridgehead atoms. The van der Waals surface area contributed by atoms with Crippen LogP contribution < -0.4 is 9.47 Å². The van der Waals surface area contributed by atoms with Crippen molar-refractivity contribution in [3.05, 3.63) is 59.3 Å². The molecule has 0 N–H and O–H groups in total. The molecule has 7 heteroatoms. The fraction of sp³-hybridized carbons (Fsp3) is 0.500. The van der Waals surface area contributed by atoms with Gasteiger partial charge in [0.25, 0.3) is 5.91 Å². The minimum absolute atomic E-state index is 0.0346. The van der Waals surface area contributed by atoms with Gasteiger partial charge in [-0.3, -0.25) is 9.59 Å². The predicted octanol–water partition coefficient (Wildman–Crippen LogP) is 5.21. The Kier molecular flexibility index (Phi) is 6.58. The number of Topliss-reactive ketones (excluding diaryl/α,β-unsaturated/α-hetero) is 1. The second kappa shape index (κ2) is 9.80. The summed E-state index contributed by atoms with van der Waals surface area (Å²) in [5.74, 6) is 2.12. The quantitative estimate of drug-likeness (QED) is 0.517. The van der Waals surface area contributed by atoms with E-state index in [0.717, 1.165) is 31.2 Å². The van der Waals surface area contributed by atoms with Crippen LogP contribution in [0.5, 0.6) is 11.5 Å². The molecule has 7 nitrogen and oxygen atoms in total. The summed E-state index contributed by atoms with van der Waals surface area (Å²) in [4.78, 5) is 29.2. The van der Waals surface area contributed by atoms with Crippen molar-refractivity contribution in [3.8, 4) is 11.5 Å². The first-order valence-corrected chi connectivity index (χ1v) is 12.7. The molecule has 4 unspecified atom stereocenters. The Hall–Kier alpha value is -3.22. The van der Waals surface area contributed by atoms with Crippen molar-refractivity contribution in [3.63, 3.8) is 0 Å². The molecule has 0 saturated heterocycles. The summed E-state index contributed by atoms with van der Waals surface area (Å²) in [6.07, 6.45) is 4.82. The molecule has 1 aromatic heterocycles. The third kappa shape index (κ3) is 4.32. The fourth-order valence-electron chi connectivity index (χ4n) is 5.50. The van der Waals surface area contributed by atoms with Crippen molar-refractivity contribution in [2.24, 2.45) is 11.8 Å². The third-order valence-corrected chi connectivity index (χ3v) is 7.16. The Labute approximate surface area is 206 Å². The van der Waals surface area contributed by atoms with E-state index in [9.17, 15) is 9.59 Å². The lowest BCUT2D eigenvalue weighted by Crippen LogP contribution is -2.41. The summed E-state index contributed by atoms with van der Waals surface area (Å²) in [7, 11) is 0. The highest BCUT2D eigenvalue weighted by Crippen LogP contribution is 2.49. The van der Waals surface area contributed by atoms with Crippen LogP contribution in [0, 0.1) is 11.8 Å². The summed E-state index contributed by atoms with van der Waals surface area (Å²) in [5, 5.41) is 0. The average molecular weight is 480 g/mol. The van der Waals surface area contributed by atoms with E-state index in [1.54, 1.807) is 17.2 Å². The van der Waals surface area contributed by atoms with Crippen molar-refractivity contribution in [1.29, 1.82) is 0 Å². The van der Waals surface area contributed by atoms with Crippen LogP contribution in [0.3, 0.4) is 0 Å². The smallest absolute Gasteiger partial charge is 0.290 e. The first-order chi connectivity index (χ1) is 17.0. The number of hydrogen-bond donors (Lipinski definition) is 0. The van der Waals surface area contributed by atoms with Gasteiger partial charge < -0.3 is 23.5 Å². The van der Waals surface area contributed by atoms with Gasteiger partial charge in [-0.15, -0.1) is 0 Å². The number of ether oxygens (including phenoxy) is 3. The average Bonchev–Trinajstić information content (AvgIpc) is 3.46. The van der Waals surface area contributed by atoms with E-state index < -0.39 is 6.04 Å². The number of carbonyl (C=O) groups is 2. The predicted molar refractivity (Wildman–Crippen MR) is 129 cm³/mol. The number of hydrogen-bond acceptors (Lipinski definition) is 6. The van der Waals surface area contributed by atoms with Gasteiger partial charge in [-0.05, 0) is 68.4 Å². The van der Waals surface area contributed by atoms with Crippen molar-refractivity contribution in [1.82, 2.24) is 4.90 Å². The molecule has 1 saturated carbocycles. The highest BCUT2D eigenvalue weighted by molar-refractivity contribution is 6.11. The molecule has 1 aliphatic carbocycles. The molecular weight excluding hydrogens is 446 g/mol. The number of nitrogens with zero attached hydrogens (tertiary/aromatic N) is 1. The van der Waals surface area contributed by atoms with Gasteiger partial charge in [0.2, 0.25) is 0 Å². The van der Waals surface area contributed by atoms with Crippen LogP contribution >= 0.6 is 0 Å². The van der Waals surface area contributed by atoms with E-state index in [1.807, 2.05) is 38.1 Å². The van der Waals surface area contributed by atoms with Gasteiger partial charge in [0.15, 0.2) is 23.0 Å². The van der Waals surface area contributed by atoms with Crippen LogP contribution in [0.15, 0.2) is 52.3 Å². The molecule has 3 heterocycles. The molecular formula is C28H33NO6. The number of fused-ring (bicyclic) bond motifs is 1. The molecule has 5 rings (SSSR count). The van der Waals surface area contributed by atoms with Crippen LogP contribution in [-0.4, -0.2) is 35.9 Å². The summed E-state index contributed by atoms with van der Waals surface area (Å²) in [6, 6.07) is 8.72. The highest BCUT2D eigenvalue weighted by Gasteiger charge is 2.52. The Morgan fingerprint density at radius 3 is 2.69 bits per heavy atom. The van der Waals surface area contributed by atoms with Gasteiger partial charge in [0, 0.05) is 0 Å². The van der Waals surface area contributed by atoms with Crippen molar-refractivity contribution in [2.45, 2.75) is 65.1 Å².